The summed E-state index contributed by atoms with van der Waals surface area (Å²) in [5, 5.41) is 4.12. The van der Waals surface area contributed by atoms with E-state index < -0.39 is 0 Å². The number of nitrogens with zero attached hydrogens (tertiary/aromatic N) is 4. The zero-order valence-electron chi connectivity index (χ0n) is 14.3. The SMILES string of the molecule is CCC1CN(C)c2ccccc2CN1C(=O)c1ccc(=O)n(C)n1. The summed E-state index contributed by atoms with van der Waals surface area (Å²) in [5.41, 5.74) is 2.35. The number of rotatable bonds is 2. The summed E-state index contributed by atoms with van der Waals surface area (Å²) < 4.78 is 1.20. The van der Waals surface area contributed by atoms with Crippen molar-refractivity contribution in [1.29, 1.82) is 0 Å². The minimum absolute atomic E-state index is 0.0916. The van der Waals surface area contributed by atoms with Crippen LogP contribution in [0.3, 0.4) is 0 Å². The van der Waals surface area contributed by atoms with Gasteiger partial charge in [-0.05, 0) is 24.1 Å². The van der Waals surface area contributed by atoms with Gasteiger partial charge in [0.05, 0.1) is 0 Å². The normalized spacial score (nSPS) is 17.4. The molecule has 1 atom stereocenters. The van der Waals surface area contributed by atoms with Gasteiger partial charge in [0.2, 0.25) is 0 Å². The maximum Gasteiger partial charge on any atom is 0.274 e. The van der Waals surface area contributed by atoms with Crippen LogP contribution >= 0.6 is 0 Å². The number of benzene rings is 1. The summed E-state index contributed by atoms with van der Waals surface area (Å²) in [5.74, 6) is -0.137. The lowest BCUT2D eigenvalue weighted by atomic mass is 10.1. The second kappa shape index (κ2) is 6.47. The molecular formula is C18H22N4O2. The van der Waals surface area contributed by atoms with E-state index in [1.54, 1.807) is 7.05 Å². The van der Waals surface area contributed by atoms with Crippen LogP contribution < -0.4 is 10.5 Å². The highest BCUT2D eigenvalue weighted by Gasteiger charge is 2.30. The number of aryl methyl sites for hydroxylation is 1. The van der Waals surface area contributed by atoms with E-state index in [0.717, 1.165) is 24.2 Å². The van der Waals surface area contributed by atoms with Gasteiger partial charge in [-0.2, -0.15) is 5.10 Å². The Labute approximate surface area is 141 Å². The van der Waals surface area contributed by atoms with Gasteiger partial charge >= 0.3 is 0 Å². The van der Waals surface area contributed by atoms with Crippen LogP contribution in [0.15, 0.2) is 41.2 Å². The lowest BCUT2D eigenvalue weighted by molar-refractivity contribution is 0.0659. The zero-order chi connectivity index (χ0) is 17.3. The quantitative estimate of drug-likeness (QED) is 0.842. The Kier molecular flexibility index (Phi) is 4.38. The van der Waals surface area contributed by atoms with Crippen molar-refractivity contribution >= 4 is 11.6 Å². The molecule has 0 N–H and O–H groups in total. The van der Waals surface area contributed by atoms with E-state index in [-0.39, 0.29) is 17.5 Å². The van der Waals surface area contributed by atoms with E-state index in [9.17, 15) is 9.59 Å². The molecule has 0 saturated heterocycles. The molecule has 0 fully saturated rings. The molecule has 2 heterocycles. The van der Waals surface area contributed by atoms with Gasteiger partial charge in [-0.25, -0.2) is 4.68 Å². The van der Waals surface area contributed by atoms with Crippen molar-refractivity contribution < 1.29 is 4.79 Å². The molecule has 0 bridgehead atoms. The van der Waals surface area contributed by atoms with Crippen LogP contribution in [0.2, 0.25) is 0 Å². The van der Waals surface area contributed by atoms with Crippen molar-refractivity contribution in [2.24, 2.45) is 7.05 Å². The topological polar surface area (TPSA) is 58.4 Å². The van der Waals surface area contributed by atoms with E-state index in [4.69, 9.17) is 0 Å². The van der Waals surface area contributed by atoms with Crippen LogP contribution in [0.5, 0.6) is 0 Å². The third-order valence-electron chi connectivity index (χ3n) is 4.58. The van der Waals surface area contributed by atoms with E-state index in [0.29, 0.717) is 12.2 Å². The molecule has 6 nitrogen and oxygen atoms in total. The molecule has 1 aromatic heterocycles. The Bertz CT molecular complexity index is 815. The Hall–Kier alpha value is -2.63. The second-order valence-electron chi connectivity index (χ2n) is 6.18. The number of aromatic nitrogens is 2. The molecule has 1 unspecified atom stereocenters. The fraction of sp³-hybridized carbons (Fsp3) is 0.389. The Balaban J connectivity index is 1.99. The smallest absolute Gasteiger partial charge is 0.274 e. The maximum absolute atomic E-state index is 13.0. The second-order valence-corrected chi connectivity index (χ2v) is 6.18. The monoisotopic (exact) mass is 326 g/mol. The van der Waals surface area contributed by atoms with Gasteiger partial charge in [0, 0.05) is 45.0 Å². The molecule has 126 valence electrons. The van der Waals surface area contributed by atoms with E-state index >= 15 is 0 Å². The molecule has 1 amide bonds. The third-order valence-corrected chi connectivity index (χ3v) is 4.58. The number of amides is 1. The van der Waals surface area contributed by atoms with Crippen molar-refractivity contribution in [1.82, 2.24) is 14.7 Å². The average Bonchev–Trinajstić information content (AvgIpc) is 2.73. The minimum Gasteiger partial charge on any atom is -0.372 e. The van der Waals surface area contributed by atoms with Crippen molar-refractivity contribution in [2.45, 2.75) is 25.9 Å². The van der Waals surface area contributed by atoms with E-state index in [2.05, 4.69) is 36.1 Å². The Morgan fingerprint density at radius 1 is 1.21 bits per heavy atom. The number of likely N-dealkylation sites (N-methyl/N-ethyl adjacent to an activating group) is 1. The summed E-state index contributed by atoms with van der Waals surface area (Å²) in [7, 11) is 3.61. The number of hydrogen-bond donors (Lipinski definition) is 0. The molecule has 1 aliphatic rings. The van der Waals surface area contributed by atoms with Crippen LogP contribution in [-0.4, -0.2) is 40.2 Å². The molecular weight excluding hydrogens is 304 g/mol. The molecule has 3 rings (SSSR count). The number of hydrogen-bond acceptors (Lipinski definition) is 4. The van der Waals surface area contributed by atoms with Gasteiger partial charge in [0.15, 0.2) is 0 Å². The van der Waals surface area contributed by atoms with Crippen LogP contribution in [0.1, 0.15) is 29.4 Å². The highest BCUT2D eigenvalue weighted by Crippen LogP contribution is 2.27. The maximum atomic E-state index is 13.0. The van der Waals surface area contributed by atoms with Crippen LogP contribution in [0.25, 0.3) is 0 Å². The van der Waals surface area contributed by atoms with Gasteiger partial charge in [0.1, 0.15) is 5.69 Å². The Morgan fingerprint density at radius 2 is 1.96 bits per heavy atom. The average molecular weight is 326 g/mol. The fourth-order valence-electron chi connectivity index (χ4n) is 3.19. The van der Waals surface area contributed by atoms with Crippen LogP contribution in [0.4, 0.5) is 5.69 Å². The first-order valence-corrected chi connectivity index (χ1v) is 8.15. The van der Waals surface area contributed by atoms with Crippen molar-refractivity contribution in [3.8, 4) is 0 Å². The number of carbonyl (C=O) groups excluding carboxylic acids is 1. The molecule has 0 saturated carbocycles. The lowest BCUT2D eigenvalue weighted by Crippen LogP contribution is -2.44. The largest absolute Gasteiger partial charge is 0.372 e. The number of anilines is 1. The van der Waals surface area contributed by atoms with Crippen LogP contribution in [-0.2, 0) is 13.6 Å². The summed E-state index contributed by atoms with van der Waals surface area (Å²) in [6, 6.07) is 11.1. The minimum atomic E-state index is -0.223. The first-order valence-electron chi connectivity index (χ1n) is 8.15. The number of fused-ring (bicyclic) bond motifs is 1. The van der Waals surface area contributed by atoms with Crippen molar-refractivity contribution in [2.75, 3.05) is 18.5 Å². The highest BCUT2D eigenvalue weighted by atomic mass is 16.2. The molecule has 1 aromatic carbocycles. The summed E-state index contributed by atoms with van der Waals surface area (Å²) >= 11 is 0. The van der Waals surface area contributed by atoms with Gasteiger partial charge in [-0.1, -0.05) is 25.1 Å². The van der Waals surface area contributed by atoms with E-state index in [1.165, 1.54) is 16.8 Å². The summed E-state index contributed by atoms with van der Waals surface area (Å²) in [4.78, 5) is 28.6. The third kappa shape index (κ3) is 2.91. The number of carbonyl (C=O) groups is 1. The predicted octanol–water partition coefficient (Wildman–Crippen LogP) is 1.65. The molecule has 0 radical (unpaired) electrons. The summed E-state index contributed by atoms with van der Waals surface area (Å²) in [6.07, 6.45) is 0.857. The van der Waals surface area contributed by atoms with Gasteiger partial charge in [-0.3, -0.25) is 9.59 Å². The molecule has 1 aliphatic heterocycles. The standard InChI is InChI=1S/C18H22N4O2/c1-4-14-12-20(2)16-8-6-5-7-13(16)11-22(14)18(24)15-9-10-17(23)21(3)19-15/h5-10,14H,4,11-12H2,1-3H3. The summed E-state index contributed by atoms with van der Waals surface area (Å²) in [6.45, 7) is 3.40. The first-order chi connectivity index (χ1) is 11.5. The number of para-hydroxylation sites is 1. The zero-order valence-corrected chi connectivity index (χ0v) is 14.3. The van der Waals surface area contributed by atoms with E-state index in [1.807, 2.05) is 17.0 Å². The molecule has 6 heteroatoms. The fourth-order valence-corrected chi connectivity index (χ4v) is 3.19. The molecule has 0 spiro atoms. The van der Waals surface area contributed by atoms with Crippen LogP contribution in [0, 0.1) is 0 Å². The predicted molar refractivity (Wildman–Crippen MR) is 93.1 cm³/mol. The Morgan fingerprint density at radius 3 is 2.67 bits per heavy atom. The lowest BCUT2D eigenvalue weighted by Gasteiger charge is -2.30. The van der Waals surface area contributed by atoms with Gasteiger partial charge < -0.3 is 9.80 Å². The first kappa shape index (κ1) is 16.2. The molecule has 0 aliphatic carbocycles. The van der Waals surface area contributed by atoms with Gasteiger partial charge in [0.25, 0.3) is 11.5 Å². The van der Waals surface area contributed by atoms with Crippen molar-refractivity contribution in [3.63, 3.8) is 0 Å². The molecule has 2 aromatic rings. The molecule has 24 heavy (non-hydrogen) atoms. The van der Waals surface area contributed by atoms with Gasteiger partial charge in [-0.15, -0.1) is 0 Å². The highest BCUT2D eigenvalue weighted by molar-refractivity contribution is 5.92. The van der Waals surface area contributed by atoms with Crippen molar-refractivity contribution in [3.05, 3.63) is 58.0 Å².